The first-order valence-corrected chi connectivity index (χ1v) is 11.5. The summed E-state index contributed by atoms with van der Waals surface area (Å²) in [5.41, 5.74) is 3.41. The summed E-state index contributed by atoms with van der Waals surface area (Å²) in [6.45, 7) is 3.05. The Morgan fingerprint density at radius 3 is 2.20 bits per heavy atom. The van der Waals surface area contributed by atoms with E-state index >= 15 is 0 Å². The summed E-state index contributed by atoms with van der Waals surface area (Å²) in [5, 5.41) is 12.2. The first-order valence-electron chi connectivity index (χ1n) is 11.5. The van der Waals surface area contributed by atoms with Crippen LogP contribution in [0.15, 0.2) is 48.5 Å². The van der Waals surface area contributed by atoms with Gasteiger partial charge in [-0.25, -0.2) is 9.59 Å². The third kappa shape index (κ3) is 4.99. The van der Waals surface area contributed by atoms with Gasteiger partial charge in [0, 0.05) is 24.9 Å². The topological polar surface area (TPSA) is 116 Å². The second kappa shape index (κ2) is 9.40. The number of carboxylic acids is 1. The summed E-state index contributed by atoms with van der Waals surface area (Å²) >= 11 is 0. The molecule has 1 aliphatic carbocycles. The maximum Gasteiger partial charge on any atom is 0.407 e. The van der Waals surface area contributed by atoms with Gasteiger partial charge in [0.2, 0.25) is 11.8 Å². The lowest BCUT2D eigenvalue weighted by Crippen LogP contribution is -2.61. The lowest BCUT2D eigenvalue weighted by atomic mass is 9.98. The standard InChI is InChI=1S/C26H29N3O6/c1-26(2,12-22(30)29-14-23(31)28(3)13-21(29)24(32)33)27-25(34)35-15-20-18-10-6-4-8-16(18)17-9-5-7-11-19(17)20/h4-11,20-21H,12-15H2,1-3H3,(H,27,34)(H,32,33). The van der Waals surface area contributed by atoms with Gasteiger partial charge in [-0.1, -0.05) is 48.5 Å². The second-order valence-corrected chi connectivity index (χ2v) is 9.66. The molecule has 1 fully saturated rings. The van der Waals surface area contributed by atoms with E-state index in [9.17, 15) is 24.3 Å². The van der Waals surface area contributed by atoms with Crippen molar-refractivity contribution in [3.63, 3.8) is 0 Å². The molecule has 2 aliphatic rings. The molecule has 0 bridgehead atoms. The summed E-state index contributed by atoms with van der Waals surface area (Å²) in [4.78, 5) is 51.6. The molecule has 3 amide bonds. The van der Waals surface area contributed by atoms with Gasteiger partial charge in [-0.15, -0.1) is 0 Å². The van der Waals surface area contributed by atoms with Gasteiger partial charge in [-0.3, -0.25) is 9.59 Å². The lowest BCUT2D eigenvalue weighted by Gasteiger charge is -2.38. The number of ether oxygens (including phenoxy) is 1. The zero-order chi connectivity index (χ0) is 25.3. The van der Waals surface area contributed by atoms with Crippen molar-refractivity contribution in [2.75, 3.05) is 26.7 Å². The minimum absolute atomic E-state index is 0.0832. The minimum atomic E-state index is -1.18. The molecule has 0 spiro atoms. The van der Waals surface area contributed by atoms with Gasteiger partial charge in [0.05, 0.1) is 6.54 Å². The maximum atomic E-state index is 12.9. The molecule has 2 N–H and O–H groups in total. The van der Waals surface area contributed by atoms with Crippen molar-refractivity contribution in [2.24, 2.45) is 0 Å². The van der Waals surface area contributed by atoms with E-state index in [1.54, 1.807) is 13.8 Å². The van der Waals surface area contributed by atoms with E-state index in [-0.39, 0.29) is 37.9 Å². The number of benzene rings is 2. The van der Waals surface area contributed by atoms with E-state index < -0.39 is 29.6 Å². The van der Waals surface area contributed by atoms with Crippen LogP contribution in [0.1, 0.15) is 37.3 Å². The van der Waals surface area contributed by atoms with Gasteiger partial charge < -0.3 is 25.0 Å². The van der Waals surface area contributed by atoms with Crippen molar-refractivity contribution in [1.82, 2.24) is 15.1 Å². The monoisotopic (exact) mass is 479 g/mol. The van der Waals surface area contributed by atoms with Crippen LogP contribution in [0.5, 0.6) is 0 Å². The molecule has 35 heavy (non-hydrogen) atoms. The van der Waals surface area contributed by atoms with Crippen molar-refractivity contribution in [3.8, 4) is 11.1 Å². The number of piperazine rings is 1. The number of hydrogen-bond acceptors (Lipinski definition) is 5. The number of carbonyl (C=O) groups is 4. The lowest BCUT2D eigenvalue weighted by molar-refractivity contribution is -0.159. The van der Waals surface area contributed by atoms with Gasteiger partial charge in [0.25, 0.3) is 0 Å². The fraction of sp³-hybridized carbons (Fsp3) is 0.385. The van der Waals surface area contributed by atoms with Crippen LogP contribution >= 0.6 is 0 Å². The summed E-state index contributed by atoms with van der Waals surface area (Å²) in [5.74, 6) is -2.13. The highest BCUT2D eigenvalue weighted by atomic mass is 16.5. The zero-order valence-corrected chi connectivity index (χ0v) is 20.0. The predicted molar refractivity (Wildman–Crippen MR) is 128 cm³/mol. The fourth-order valence-electron chi connectivity index (χ4n) is 4.74. The molecule has 9 nitrogen and oxygen atoms in total. The zero-order valence-electron chi connectivity index (χ0n) is 20.0. The number of likely N-dealkylation sites (N-methyl/N-ethyl adjacent to an activating group) is 1. The molecule has 1 heterocycles. The third-order valence-electron chi connectivity index (χ3n) is 6.54. The number of carboxylic acid groups (broad SMARTS) is 1. The Morgan fingerprint density at radius 2 is 1.63 bits per heavy atom. The SMILES string of the molecule is CN1CC(C(=O)O)N(C(=O)CC(C)(C)NC(=O)OCC2c3ccccc3-c3ccccc32)CC1=O. The first kappa shape index (κ1) is 24.3. The third-order valence-corrected chi connectivity index (χ3v) is 6.54. The molecule has 4 rings (SSSR count). The first-order chi connectivity index (χ1) is 16.6. The highest BCUT2D eigenvalue weighted by Gasteiger charge is 2.39. The molecule has 2 aromatic carbocycles. The molecule has 1 atom stereocenters. The van der Waals surface area contributed by atoms with Crippen LogP contribution in [0.3, 0.4) is 0 Å². The Hall–Kier alpha value is -3.88. The maximum absolute atomic E-state index is 12.9. The largest absolute Gasteiger partial charge is 0.480 e. The predicted octanol–water partition coefficient (Wildman–Crippen LogP) is 2.45. The molecule has 0 saturated carbocycles. The number of amides is 3. The summed E-state index contributed by atoms with van der Waals surface area (Å²) in [6.07, 6.45) is -0.855. The van der Waals surface area contributed by atoms with E-state index in [0.29, 0.717) is 0 Å². The molecule has 9 heteroatoms. The van der Waals surface area contributed by atoms with Crippen molar-refractivity contribution < 1.29 is 29.0 Å². The molecular formula is C26H29N3O6. The average Bonchev–Trinajstić information content (AvgIpc) is 3.12. The number of alkyl carbamates (subject to hydrolysis) is 1. The Bertz CT molecular complexity index is 1130. The Labute approximate surface area is 203 Å². The average molecular weight is 480 g/mol. The highest BCUT2D eigenvalue weighted by molar-refractivity contribution is 5.91. The highest BCUT2D eigenvalue weighted by Crippen LogP contribution is 2.44. The van der Waals surface area contributed by atoms with Crippen molar-refractivity contribution in [3.05, 3.63) is 59.7 Å². The quantitative estimate of drug-likeness (QED) is 0.658. The van der Waals surface area contributed by atoms with Gasteiger partial charge in [-0.05, 0) is 36.1 Å². The van der Waals surface area contributed by atoms with E-state index in [2.05, 4.69) is 17.4 Å². The number of nitrogens with zero attached hydrogens (tertiary/aromatic N) is 2. The van der Waals surface area contributed by atoms with Crippen LogP contribution in [0.2, 0.25) is 0 Å². The summed E-state index contributed by atoms with van der Waals surface area (Å²) < 4.78 is 5.56. The van der Waals surface area contributed by atoms with Gasteiger partial charge >= 0.3 is 12.1 Å². The minimum Gasteiger partial charge on any atom is -0.480 e. The number of aliphatic carboxylic acids is 1. The van der Waals surface area contributed by atoms with Crippen LogP contribution in [-0.2, 0) is 19.1 Å². The molecule has 1 aliphatic heterocycles. The smallest absolute Gasteiger partial charge is 0.407 e. The molecular weight excluding hydrogens is 450 g/mol. The molecule has 0 aromatic heterocycles. The van der Waals surface area contributed by atoms with E-state index in [1.165, 1.54) is 11.9 Å². The summed E-state index contributed by atoms with van der Waals surface area (Å²) in [7, 11) is 1.50. The molecule has 184 valence electrons. The van der Waals surface area contributed by atoms with Gasteiger partial charge in [0.15, 0.2) is 0 Å². The summed E-state index contributed by atoms with van der Waals surface area (Å²) in [6, 6.07) is 14.9. The van der Waals surface area contributed by atoms with Crippen molar-refractivity contribution >= 4 is 23.9 Å². The van der Waals surface area contributed by atoms with Crippen LogP contribution in [-0.4, -0.2) is 77.1 Å². The van der Waals surface area contributed by atoms with Crippen LogP contribution in [0.4, 0.5) is 4.79 Å². The van der Waals surface area contributed by atoms with E-state index in [1.807, 2.05) is 36.4 Å². The fourth-order valence-corrected chi connectivity index (χ4v) is 4.74. The van der Waals surface area contributed by atoms with Crippen molar-refractivity contribution in [2.45, 2.75) is 37.8 Å². The number of hydrogen-bond donors (Lipinski definition) is 2. The molecule has 0 radical (unpaired) electrons. The number of fused-ring (bicyclic) bond motifs is 3. The van der Waals surface area contributed by atoms with E-state index in [4.69, 9.17) is 4.74 Å². The van der Waals surface area contributed by atoms with Gasteiger partial charge in [-0.2, -0.15) is 0 Å². The second-order valence-electron chi connectivity index (χ2n) is 9.66. The van der Waals surface area contributed by atoms with Crippen LogP contribution in [0, 0.1) is 0 Å². The molecule has 1 saturated heterocycles. The van der Waals surface area contributed by atoms with Crippen LogP contribution in [0.25, 0.3) is 11.1 Å². The van der Waals surface area contributed by atoms with E-state index in [0.717, 1.165) is 27.2 Å². The number of rotatable bonds is 6. The Balaban J connectivity index is 1.38. The van der Waals surface area contributed by atoms with Gasteiger partial charge in [0.1, 0.15) is 19.2 Å². The van der Waals surface area contributed by atoms with Crippen molar-refractivity contribution in [1.29, 1.82) is 0 Å². The van der Waals surface area contributed by atoms with Crippen LogP contribution < -0.4 is 5.32 Å². The molecule has 1 unspecified atom stereocenters. The molecule has 2 aromatic rings. The number of nitrogens with one attached hydrogen (secondary N) is 1. The Morgan fingerprint density at radius 1 is 1.06 bits per heavy atom. The Kier molecular flexibility index (Phi) is 6.51. The number of carbonyl (C=O) groups excluding carboxylic acids is 3. The normalized spacial score (nSPS) is 17.6.